The standard InChI is InChI=1S/C10H21NO2/c1-3-13-10(8-11)6-4-5-9(7-10)12-2/h9H,3-8,11H2,1-2H3. The first-order valence-corrected chi connectivity index (χ1v) is 5.13. The summed E-state index contributed by atoms with van der Waals surface area (Å²) < 4.78 is 11.1. The molecular weight excluding hydrogens is 166 g/mol. The summed E-state index contributed by atoms with van der Waals surface area (Å²) in [5.41, 5.74) is 5.66. The van der Waals surface area contributed by atoms with Crippen molar-refractivity contribution >= 4 is 0 Å². The highest BCUT2D eigenvalue weighted by molar-refractivity contribution is 4.89. The van der Waals surface area contributed by atoms with E-state index in [1.54, 1.807) is 7.11 Å². The molecule has 1 aliphatic rings. The molecule has 0 saturated heterocycles. The van der Waals surface area contributed by atoms with Crippen molar-refractivity contribution in [2.45, 2.75) is 44.3 Å². The molecule has 3 heteroatoms. The summed E-state index contributed by atoms with van der Waals surface area (Å²) >= 11 is 0. The van der Waals surface area contributed by atoms with E-state index in [9.17, 15) is 0 Å². The first kappa shape index (κ1) is 11.0. The molecule has 0 aliphatic heterocycles. The van der Waals surface area contributed by atoms with E-state index < -0.39 is 0 Å². The Balaban J connectivity index is 2.53. The van der Waals surface area contributed by atoms with E-state index in [-0.39, 0.29) is 5.60 Å². The Morgan fingerprint density at radius 1 is 1.54 bits per heavy atom. The molecule has 1 rings (SSSR count). The third-order valence-corrected chi connectivity index (χ3v) is 2.91. The van der Waals surface area contributed by atoms with E-state index in [0.717, 1.165) is 32.3 Å². The number of hydrogen-bond acceptors (Lipinski definition) is 3. The maximum Gasteiger partial charge on any atom is 0.0828 e. The van der Waals surface area contributed by atoms with E-state index in [2.05, 4.69) is 0 Å². The van der Waals surface area contributed by atoms with Gasteiger partial charge in [-0.25, -0.2) is 0 Å². The average molecular weight is 187 g/mol. The lowest BCUT2D eigenvalue weighted by atomic mass is 9.83. The van der Waals surface area contributed by atoms with Gasteiger partial charge in [-0.1, -0.05) is 0 Å². The monoisotopic (exact) mass is 187 g/mol. The van der Waals surface area contributed by atoms with E-state index >= 15 is 0 Å². The molecule has 0 aromatic carbocycles. The van der Waals surface area contributed by atoms with Gasteiger partial charge in [-0.2, -0.15) is 0 Å². The number of ether oxygens (including phenoxy) is 2. The molecule has 0 amide bonds. The SMILES string of the molecule is CCOC1(CN)CCCC(OC)C1. The molecule has 2 N–H and O–H groups in total. The third kappa shape index (κ3) is 2.66. The highest BCUT2D eigenvalue weighted by Gasteiger charge is 2.35. The molecule has 13 heavy (non-hydrogen) atoms. The van der Waals surface area contributed by atoms with Crippen LogP contribution in [0.2, 0.25) is 0 Å². The Kier molecular flexibility index (Phi) is 4.16. The Labute approximate surface area is 80.6 Å². The first-order chi connectivity index (χ1) is 6.26. The van der Waals surface area contributed by atoms with Crippen LogP contribution in [-0.2, 0) is 9.47 Å². The van der Waals surface area contributed by atoms with Crippen LogP contribution < -0.4 is 5.73 Å². The maximum atomic E-state index is 5.76. The van der Waals surface area contributed by atoms with Gasteiger partial charge in [0.25, 0.3) is 0 Å². The van der Waals surface area contributed by atoms with Gasteiger partial charge in [0.2, 0.25) is 0 Å². The van der Waals surface area contributed by atoms with Crippen LogP contribution in [-0.4, -0.2) is 32.0 Å². The molecule has 0 radical (unpaired) electrons. The summed E-state index contributed by atoms with van der Waals surface area (Å²) in [5, 5.41) is 0. The van der Waals surface area contributed by atoms with Gasteiger partial charge in [0.05, 0.1) is 11.7 Å². The van der Waals surface area contributed by atoms with Gasteiger partial charge in [0.1, 0.15) is 0 Å². The summed E-state index contributed by atoms with van der Waals surface area (Å²) in [6, 6.07) is 0. The van der Waals surface area contributed by atoms with E-state index in [4.69, 9.17) is 15.2 Å². The molecule has 2 atom stereocenters. The highest BCUT2D eigenvalue weighted by Crippen LogP contribution is 2.32. The zero-order valence-electron chi connectivity index (χ0n) is 8.71. The fourth-order valence-corrected chi connectivity index (χ4v) is 2.15. The summed E-state index contributed by atoms with van der Waals surface area (Å²) in [6.45, 7) is 3.38. The van der Waals surface area contributed by atoms with Crippen LogP contribution in [0.1, 0.15) is 32.6 Å². The molecule has 0 heterocycles. The van der Waals surface area contributed by atoms with Crippen molar-refractivity contribution in [2.24, 2.45) is 5.73 Å². The zero-order valence-corrected chi connectivity index (χ0v) is 8.71. The Bertz CT molecular complexity index is 148. The van der Waals surface area contributed by atoms with Gasteiger partial charge >= 0.3 is 0 Å². The van der Waals surface area contributed by atoms with Gasteiger partial charge in [0.15, 0.2) is 0 Å². The van der Waals surface area contributed by atoms with E-state index in [1.807, 2.05) is 6.92 Å². The minimum Gasteiger partial charge on any atom is -0.381 e. The normalized spacial score (nSPS) is 34.8. The van der Waals surface area contributed by atoms with Crippen LogP contribution in [0.4, 0.5) is 0 Å². The van der Waals surface area contributed by atoms with Crippen molar-refractivity contribution in [3.63, 3.8) is 0 Å². The number of rotatable bonds is 4. The minimum atomic E-state index is -0.103. The Morgan fingerprint density at radius 3 is 2.85 bits per heavy atom. The van der Waals surface area contributed by atoms with Crippen molar-refractivity contribution in [2.75, 3.05) is 20.3 Å². The van der Waals surface area contributed by atoms with Crippen molar-refractivity contribution < 1.29 is 9.47 Å². The van der Waals surface area contributed by atoms with Crippen LogP contribution >= 0.6 is 0 Å². The molecule has 0 aromatic rings. The number of hydrogen-bond donors (Lipinski definition) is 1. The molecule has 0 spiro atoms. The van der Waals surface area contributed by atoms with Crippen molar-refractivity contribution in [1.82, 2.24) is 0 Å². The van der Waals surface area contributed by atoms with Crippen LogP contribution in [0.15, 0.2) is 0 Å². The van der Waals surface area contributed by atoms with Gasteiger partial charge in [-0.05, 0) is 26.2 Å². The van der Waals surface area contributed by atoms with Crippen molar-refractivity contribution in [3.05, 3.63) is 0 Å². The quantitative estimate of drug-likeness (QED) is 0.721. The Hall–Kier alpha value is -0.120. The predicted octanol–water partition coefficient (Wildman–Crippen LogP) is 1.31. The fourth-order valence-electron chi connectivity index (χ4n) is 2.15. The summed E-state index contributed by atoms with van der Waals surface area (Å²) in [6.07, 6.45) is 4.68. The van der Waals surface area contributed by atoms with Crippen LogP contribution in [0, 0.1) is 0 Å². The van der Waals surface area contributed by atoms with Crippen LogP contribution in [0.5, 0.6) is 0 Å². The maximum absolute atomic E-state index is 5.76. The zero-order chi connectivity index (χ0) is 9.73. The summed E-state index contributed by atoms with van der Waals surface area (Å²) in [7, 11) is 1.77. The second-order valence-corrected chi connectivity index (χ2v) is 3.77. The molecule has 78 valence electrons. The fraction of sp³-hybridized carbons (Fsp3) is 1.00. The number of methoxy groups -OCH3 is 1. The molecule has 0 aromatic heterocycles. The lowest BCUT2D eigenvalue weighted by molar-refractivity contribution is -0.0960. The van der Waals surface area contributed by atoms with Crippen molar-refractivity contribution in [3.8, 4) is 0 Å². The largest absolute Gasteiger partial charge is 0.381 e. The van der Waals surface area contributed by atoms with Gasteiger partial charge in [-0.3, -0.25) is 0 Å². The molecule has 2 unspecified atom stereocenters. The van der Waals surface area contributed by atoms with E-state index in [0.29, 0.717) is 12.6 Å². The van der Waals surface area contributed by atoms with Crippen LogP contribution in [0.3, 0.4) is 0 Å². The molecule has 3 nitrogen and oxygen atoms in total. The topological polar surface area (TPSA) is 44.5 Å². The van der Waals surface area contributed by atoms with Crippen LogP contribution in [0.25, 0.3) is 0 Å². The molecule has 0 bridgehead atoms. The minimum absolute atomic E-state index is 0.103. The molecular formula is C10H21NO2. The second kappa shape index (κ2) is 4.94. The van der Waals surface area contributed by atoms with Gasteiger partial charge in [0, 0.05) is 26.7 Å². The predicted molar refractivity (Wildman–Crippen MR) is 52.7 cm³/mol. The first-order valence-electron chi connectivity index (χ1n) is 5.13. The molecule has 1 saturated carbocycles. The van der Waals surface area contributed by atoms with Crippen molar-refractivity contribution in [1.29, 1.82) is 0 Å². The van der Waals surface area contributed by atoms with Gasteiger partial charge < -0.3 is 15.2 Å². The van der Waals surface area contributed by atoms with Gasteiger partial charge in [-0.15, -0.1) is 0 Å². The summed E-state index contributed by atoms with van der Waals surface area (Å²) in [4.78, 5) is 0. The average Bonchev–Trinajstić information content (AvgIpc) is 2.19. The Morgan fingerprint density at radius 2 is 2.31 bits per heavy atom. The second-order valence-electron chi connectivity index (χ2n) is 3.77. The summed E-state index contributed by atoms with van der Waals surface area (Å²) in [5.74, 6) is 0. The molecule has 1 aliphatic carbocycles. The smallest absolute Gasteiger partial charge is 0.0828 e. The molecule has 1 fully saturated rings. The third-order valence-electron chi connectivity index (χ3n) is 2.91. The highest BCUT2D eigenvalue weighted by atomic mass is 16.5. The lowest BCUT2D eigenvalue weighted by Crippen LogP contribution is -2.46. The van der Waals surface area contributed by atoms with E-state index in [1.165, 1.54) is 0 Å². The number of nitrogens with two attached hydrogens (primary N) is 1. The lowest BCUT2D eigenvalue weighted by Gasteiger charge is -2.39.